The minimum Gasteiger partial charge on any atom is -0.452 e. The number of H-pyrrole nitrogens is 1. The van der Waals surface area contributed by atoms with Gasteiger partial charge in [0, 0.05) is 12.8 Å². The number of anilines is 2. The molecule has 3 N–H and O–H groups in total. The molecule has 0 saturated heterocycles. The number of hydrogen-bond donors (Lipinski definition) is 2. The van der Waals surface area contributed by atoms with Crippen molar-refractivity contribution in [3.8, 4) is 0 Å². The van der Waals surface area contributed by atoms with Gasteiger partial charge in [-0.05, 0) is 24.1 Å². The smallest absolute Gasteiger partial charge is 0.339 e. The maximum absolute atomic E-state index is 13.0. The third kappa shape index (κ3) is 5.93. The van der Waals surface area contributed by atoms with E-state index in [2.05, 4.69) is 4.98 Å². The quantitative estimate of drug-likeness (QED) is 0.425. The lowest BCUT2D eigenvalue weighted by molar-refractivity contribution is -0.121. The van der Waals surface area contributed by atoms with E-state index in [1.54, 1.807) is 43.3 Å². The molecule has 184 valence electrons. The Labute approximate surface area is 203 Å². The van der Waals surface area contributed by atoms with Crippen molar-refractivity contribution in [2.75, 3.05) is 30.0 Å². The maximum Gasteiger partial charge on any atom is 0.339 e. The molecule has 2 aromatic carbocycles. The summed E-state index contributed by atoms with van der Waals surface area (Å²) in [5.41, 5.74) is 5.33. The van der Waals surface area contributed by atoms with Crippen molar-refractivity contribution in [1.82, 2.24) is 9.55 Å². The maximum atomic E-state index is 13.0. The lowest BCUT2D eigenvalue weighted by Crippen LogP contribution is -2.43. The number of hydrogen-bond acceptors (Lipinski definition) is 7. The van der Waals surface area contributed by atoms with Crippen LogP contribution in [0.4, 0.5) is 11.5 Å². The lowest BCUT2D eigenvalue weighted by atomic mass is 10.2. The fourth-order valence-corrected chi connectivity index (χ4v) is 4.25. The number of aromatic amines is 1. The zero-order chi connectivity index (χ0) is 25.5. The molecule has 35 heavy (non-hydrogen) atoms. The second-order valence-electron chi connectivity index (χ2n) is 7.64. The van der Waals surface area contributed by atoms with Gasteiger partial charge in [0.05, 0.1) is 27.8 Å². The zero-order valence-corrected chi connectivity index (χ0v) is 20.2. The molecule has 0 spiro atoms. The van der Waals surface area contributed by atoms with E-state index < -0.39 is 40.5 Å². The van der Waals surface area contributed by atoms with Crippen LogP contribution in [-0.2, 0) is 26.9 Å². The zero-order valence-electron chi connectivity index (χ0n) is 19.4. The summed E-state index contributed by atoms with van der Waals surface area (Å²) in [6.07, 6.45) is 1.90. The number of ether oxygens (including phenoxy) is 1. The molecular formula is C24H26N4O6S. The van der Waals surface area contributed by atoms with Gasteiger partial charge in [0.15, 0.2) is 12.3 Å². The van der Waals surface area contributed by atoms with Crippen LogP contribution < -0.4 is 21.9 Å². The van der Waals surface area contributed by atoms with Gasteiger partial charge in [0.2, 0.25) is 0 Å². The third-order valence-electron chi connectivity index (χ3n) is 5.16. The number of aromatic nitrogens is 2. The minimum absolute atomic E-state index is 0.0805. The molecule has 0 aliphatic carbocycles. The second-order valence-corrected chi connectivity index (χ2v) is 8.98. The number of nitrogens with two attached hydrogens (primary N) is 1. The Kier molecular flexibility index (Phi) is 8.37. The van der Waals surface area contributed by atoms with Gasteiger partial charge < -0.3 is 15.4 Å². The predicted octanol–water partition coefficient (Wildman–Crippen LogP) is 1.50. The average Bonchev–Trinajstić information content (AvgIpc) is 2.84. The Bertz CT molecular complexity index is 1370. The van der Waals surface area contributed by atoms with Crippen LogP contribution >= 0.6 is 0 Å². The number of nitrogen functional groups attached to an aromatic ring is 1. The Morgan fingerprint density at radius 2 is 1.74 bits per heavy atom. The lowest BCUT2D eigenvalue weighted by Gasteiger charge is -2.24. The Hall–Kier alpha value is -3.99. The molecule has 3 rings (SSSR count). The van der Waals surface area contributed by atoms with E-state index in [9.17, 15) is 23.4 Å². The van der Waals surface area contributed by atoms with Gasteiger partial charge in [-0.25, -0.2) is 9.59 Å². The molecule has 0 bridgehead atoms. The Balaban J connectivity index is 1.89. The van der Waals surface area contributed by atoms with E-state index in [4.69, 9.17) is 10.5 Å². The van der Waals surface area contributed by atoms with Crippen LogP contribution in [0.5, 0.6) is 0 Å². The molecule has 3 aromatic rings. The number of esters is 1. The number of carbonyl (C=O) groups excluding carboxylic acids is 2. The molecule has 0 aliphatic rings. The van der Waals surface area contributed by atoms with Crippen LogP contribution in [0.15, 0.2) is 69.1 Å². The highest BCUT2D eigenvalue weighted by atomic mass is 32.2. The van der Waals surface area contributed by atoms with Crippen molar-refractivity contribution in [2.45, 2.75) is 24.8 Å². The van der Waals surface area contributed by atoms with Gasteiger partial charge in [-0.15, -0.1) is 0 Å². The first kappa shape index (κ1) is 25.6. The van der Waals surface area contributed by atoms with Gasteiger partial charge in [-0.3, -0.25) is 23.3 Å². The number of benzene rings is 2. The van der Waals surface area contributed by atoms with Crippen molar-refractivity contribution in [3.05, 3.63) is 86.6 Å². The summed E-state index contributed by atoms with van der Waals surface area (Å²) in [5, 5.41) is 0. The van der Waals surface area contributed by atoms with Crippen LogP contribution in [0, 0.1) is 0 Å². The predicted molar refractivity (Wildman–Crippen MR) is 133 cm³/mol. The topological polar surface area (TPSA) is 145 Å². The second kappa shape index (κ2) is 11.4. The van der Waals surface area contributed by atoms with Crippen molar-refractivity contribution in [3.63, 3.8) is 0 Å². The summed E-state index contributed by atoms with van der Waals surface area (Å²) < 4.78 is 18.2. The van der Waals surface area contributed by atoms with Crippen molar-refractivity contribution >= 4 is 34.2 Å². The largest absolute Gasteiger partial charge is 0.452 e. The highest BCUT2D eigenvalue weighted by molar-refractivity contribution is 7.84. The SMILES string of the molecule is CCCN(C(=O)COC(=O)c1ccccc1[S@@](C)=O)c1c(N)n(Cc2ccccc2)c(=O)[nH]c1=O. The number of amides is 1. The van der Waals surface area contributed by atoms with E-state index in [1.165, 1.54) is 23.0 Å². The molecule has 0 unspecified atom stereocenters. The van der Waals surface area contributed by atoms with Crippen LogP contribution in [0.3, 0.4) is 0 Å². The minimum atomic E-state index is -1.44. The first-order valence-electron chi connectivity index (χ1n) is 10.8. The van der Waals surface area contributed by atoms with Gasteiger partial charge in [-0.2, -0.15) is 0 Å². The molecule has 11 heteroatoms. The van der Waals surface area contributed by atoms with E-state index in [0.29, 0.717) is 6.42 Å². The van der Waals surface area contributed by atoms with E-state index in [0.717, 1.165) is 10.5 Å². The molecule has 0 fully saturated rings. The highest BCUT2D eigenvalue weighted by Gasteiger charge is 2.25. The van der Waals surface area contributed by atoms with Crippen LogP contribution in [-0.4, -0.2) is 45.0 Å². The standard InChI is InChI=1S/C24H26N4O6S/c1-3-13-27(19(29)15-34-23(31)17-11-7-8-12-18(17)35(2)33)20-21(25)28(24(32)26-22(20)30)14-16-9-5-4-6-10-16/h4-12H,3,13-15,25H2,1-2H3,(H,26,30,32)/t35-/m1/s1. The number of nitrogens with zero attached hydrogens (tertiary/aromatic N) is 2. The van der Waals surface area contributed by atoms with Gasteiger partial charge in [0.1, 0.15) is 5.82 Å². The first-order valence-corrected chi connectivity index (χ1v) is 12.4. The van der Waals surface area contributed by atoms with Crippen molar-refractivity contribution in [2.24, 2.45) is 0 Å². The van der Waals surface area contributed by atoms with Gasteiger partial charge in [0.25, 0.3) is 11.5 Å². The molecule has 0 saturated carbocycles. The summed E-state index contributed by atoms with van der Waals surface area (Å²) >= 11 is 0. The third-order valence-corrected chi connectivity index (χ3v) is 6.13. The Morgan fingerprint density at radius 3 is 2.40 bits per heavy atom. The monoisotopic (exact) mass is 498 g/mol. The molecule has 1 amide bonds. The summed E-state index contributed by atoms with van der Waals surface area (Å²) in [5.74, 6) is -1.70. The molecule has 1 aromatic heterocycles. The molecule has 1 heterocycles. The highest BCUT2D eigenvalue weighted by Crippen LogP contribution is 2.19. The van der Waals surface area contributed by atoms with E-state index in [1.807, 2.05) is 6.07 Å². The summed E-state index contributed by atoms with van der Waals surface area (Å²) in [7, 11) is -1.44. The van der Waals surface area contributed by atoms with Crippen LogP contribution in [0.2, 0.25) is 0 Å². The molecule has 0 aliphatic heterocycles. The van der Waals surface area contributed by atoms with Gasteiger partial charge in [-0.1, -0.05) is 49.4 Å². The normalized spacial score (nSPS) is 11.6. The molecule has 10 nitrogen and oxygen atoms in total. The number of nitrogens with one attached hydrogen (secondary N) is 1. The Morgan fingerprint density at radius 1 is 1.09 bits per heavy atom. The van der Waals surface area contributed by atoms with E-state index >= 15 is 0 Å². The molecular weight excluding hydrogens is 472 g/mol. The summed E-state index contributed by atoms with van der Waals surface area (Å²) in [6.45, 7) is 1.30. The van der Waals surface area contributed by atoms with Crippen molar-refractivity contribution < 1.29 is 18.5 Å². The first-order chi connectivity index (χ1) is 16.7. The average molecular weight is 499 g/mol. The number of rotatable bonds is 9. The van der Waals surface area contributed by atoms with Gasteiger partial charge >= 0.3 is 11.7 Å². The van der Waals surface area contributed by atoms with Crippen LogP contribution in [0.1, 0.15) is 29.3 Å². The fraction of sp³-hybridized carbons (Fsp3) is 0.250. The van der Waals surface area contributed by atoms with Crippen molar-refractivity contribution in [1.29, 1.82) is 0 Å². The number of carbonyl (C=O) groups is 2. The summed E-state index contributed by atoms with van der Waals surface area (Å²) in [6, 6.07) is 15.2. The molecule has 1 atom stereocenters. The molecule has 0 radical (unpaired) electrons. The van der Waals surface area contributed by atoms with E-state index in [-0.39, 0.29) is 35.1 Å². The fourth-order valence-electron chi connectivity index (χ4n) is 3.51. The summed E-state index contributed by atoms with van der Waals surface area (Å²) in [4.78, 5) is 54.3. The van der Waals surface area contributed by atoms with Crippen LogP contribution in [0.25, 0.3) is 0 Å².